The average molecular weight is 275 g/mol. The summed E-state index contributed by atoms with van der Waals surface area (Å²) in [4.78, 5) is 12.9. The number of alkyl halides is 3. The second-order valence-corrected chi connectivity index (χ2v) is 4.08. The van der Waals surface area contributed by atoms with Crippen LogP contribution in [0.1, 0.15) is 18.9 Å². The summed E-state index contributed by atoms with van der Waals surface area (Å²) in [5.41, 5.74) is 0.847. The van der Waals surface area contributed by atoms with Crippen molar-refractivity contribution < 1.29 is 22.7 Å². The summed E-state index contributed by atoms with van der Waals surface area (Å²) < 4.78 is 40.2. The molecule has 0 heterocycles. The largest absolute Gasteiger partial charge is 0.440 e. The van der Waals surface area contributed by atoms with Gasteiger partial charge in [-0.05, 0) is 12.0 Å². The molecule has 1 aromatic carbocycles. The van der Waals surface area contributed by atoms with Crippen LogP contribution in [0.3, 0.4) is 0 Å². The van der Waals surface area contributed by atoms with E-state index in [9.17, 15) is 18.0 Å². The molecule has 0 aliphatic rings. The smallest absolute Gasteiger partial charge is 0.422 e. The molecule has 0 radical (unpaired) electrons. The normalized spacial score (nSPS) is 11.2. The van der Waals surface area contributed by atoms with E-state index < -0.39 is 18.9 Å². The van der Waals surface area contributed by atoms with E-state index in [0.717, 1.165) is 5.56 Å². The molecular formula is C13H16F3NO2. The highest BCUT2D eigenvalue weighted by Gasteiger charge is 2.30. The van der Waals surface area contributed by atoms with Crippen LogP contribution in [0, 0.1) is 0 Å². The first-order chi connectivity index (χ1) is 8.92. The van der Waals surface area contributed by atoms with E-state index in [4.69, 9.17) is 0 Å². The number of carbonyl (C=O) groups excluding carboxylic acids is 1. The summed E-state index contributed by atoms with van der Waals surface area (Å²) in [5, 5.41) is 0. The molecule has 0 aliphatic heterocycles. The maximum absolute atomic E-state index is 12.0. The van der Waals surface area contributed by atoms with Gasteiger partial charge in [-0.25, -0.2) is 4.79 Å². The van der Waals surface area contributed by atoms with Crippen LogP contribution < -0.4 is 0 Å². The lowest BCUT2D eigenvalue weighted by Gasteiger charge is -2.22. The Labute approximate surface area is 110 Å². The number of rotatable bonds is 5. The maximum Gasteiger partial charge on any atom is 0.422 e. The van der Waals surface area contributed by atoms with Crippen molar-refractivity contribution in [2.75, 3.05) is 13.2 Å². The molecule has 3 nitrogen and oxygen atoms in total. The molecule has 0 N–H and O–H groups in total. The van der Waals surface area contributed by atoms with Crippen molar-refractivity contribution in [3.63, 3.8) is 0 Å². The minimum absolute atomic E-state index is 0.241. The number of benzene rings is 1. The van der Waals surface area contributed by atoms with E-state index in [-0.39, 0.29) is 6.54 Å². The molecule has 0 spiro atoms. The van der Waals surface area contributed by atoms with Gasteiger partial charge in [0.25, 0.3) is 0 Å². The summed E-state index contributed by atoms with van der Waals surface area (Å²) in [6.07, 6.45) is -4.79. The predicted octanol–water partition coefficient (Wildman–Crippen LogP) is 3.60. The van der Waals surface area contributed by atoms with Crippen LogP contribution in [0.4, 0.5) is 18.0 Å². The SMILES string of the molecule is CCCN(Cc1ccccc1)C(=O)OCC(F)(F)F. The van der Waals surface area contributed by atoms with Gasteiger partial charge in [0.05, 0.1) is 0 Å². The lowest BCUT2D eigenvalue weighted by molar-refractivity contribution is -0.162. The molecule has 6 heteroatoms. The Bertz CT molecular complexity index is 393. The monoisotopic (exact) mass is 275 g/mol. The summed E-state index contributed by atoms with van der Waals surface area (Å²) in [6, 6.07) is 9.05. The van der Waals surface area contributed by atoms with Crippen LogP contribution in [-0.2, 0) is 11.3 Å². The summed E-state index contributed by atoms with van der Waals surface area (Å²) in [6.45, 7) is 0.882. The molecule has 0 atom stereocenters. The van der Waals surface area contributed by atoms with Crippen molar-refractivity contribution in [2.45, 2.75) is 26.1 Å². The Morgan fingerprint density at radius 1 is 1.26 bits per heavy atom. The number of hydrogen-bond donors (Lipinski definition) is 0. The zero-order valence-corrected chi connectivity index (χ0v) is 10.6. The third kappa shape index (κ3) is 6.13. The number of halogens is 3. The van der Waals surface area contributed by atoms with Crippen LogP contribution in [0.5, 0.6) is 0 Å². The summed E-state index contributed by atoms with van der Waals surface area (Å²) in [7, 11) is 0. The van der Waals surface area contributed by atoms with Gasteiger partial charge < -0.3 is 9.64 Å². The molecule has 0 fully saturated rings. The lowest BCUT2D eigenvalue weighted by Crippen LogP contribution is -2.34. The van der Waals surface area contributed by atoms with Crippen molar-refractivity contribution in [1.29, 1.82) is 0 Å². The zero-order chi connectivity index (χ0) is 14.3. The maximum atomic E-state index is 12.0. The number of amides is 1. The fourth-order valence-electron chi connectivity index (χ4n) is 1.54. The van der Waals surface area contributed by atoms with E-state index in [1.807, 2.05) is 13.0 Å². The highest BCUT2D eigenvalue weighted by molar-refractivity contribution is 5.67. The Morgan fingerprint density at radius 2 is 1.89 bits per heavy atom. The van der Waals surface area contributed by atoms with E-state index in [1.54, 1.807) is 24.3 Å². The van der Waals surface area contributed by atoms with Crippen molar-refractivity contribution in [1.82, 2.24) is 4.90 Å². The minimum atomic E-state index is -4.50. The topological polar surface area (TPSA) is 29.5 Å². The number of hydrogen-bond acceptors (Lipinski definition) is 2. The van der Waals surface area contributed by atoms with E-state index in [0.29, 0.717) is 13.0 Å². The molecule has 1 rings (SSSR count). The highest BCUT2D eigenvalue weighted by Crippen LogP contribution is 2.16. The number of nitrogens with zero attached hydrogens (tertiary/aromatic N) is 1. The Morgan fingerprint density at radius 3 is 2.42 bits per heavy atom. The zero-order valence-electron chi connectivity index (χ0n) is 10.6. The van der Waals surface area contributed by atoms with Gasteiger partial charge >= 0.3 is 12.3 Å². The third-order valence-corrected chi connectivity index (χ3v) is 2.33. The van der Waals surface area contributed by atoms with Crippen LogP contribution in [-0.4, -0.2) is 30.3 Å². The van der Waals surface area contributed by atoms with Gasteiger partial charge in [0, 0.05) is 13.1 Å². The van der Waals surface area contributed by atoms with Crippen LogP contribution in [0.2, 0.25) is 0 Å². The highest BCUT2D eigenvalue weighted by atomic mass is 19.4. The Kier molecular flexibility index (Phi) is 5.66. The van der Waals surface area contributed by atoms with Crippen LogP contribution >= 0.6 is 0 Å². The van der Waals surface area contributed by atoms with Gasteiger partial charge in [-0.1, -0.05) is 37.3 Å². The van der Waals surface area contributed by atoms with Gasteiger partial charge in [0.1, 0.15) is 0 Å². The number of ether oxygens (including phenoxy) is 1. The molecule has 1 aromatic rings. The first-order valence-corrected chi connectivity index (χ1v) is 5.94. The van der Waals surface area contributed by atoms with Gasteiger partial charge in [-0.2, -0.15) is 13.2 Å². The Hall–Kier alpha value is -1.72. The molecule has 19 heavy (non-hydrogen) atoms. The first-order valence-electron chi connectivity index (χ1n) is 5.94. The molecule has 106 valence electrons. The third-order valence-electron chi connectivity index (χ3n) is 2.33. The summed E-state index contributed by atoms with van der Waals surface area (Å²) in [5.74, 6) is 0. The lowest BCUT2D eigenvalue weighted by atomic mass is 10.2. The first kappa shape index (κ1) is 15.3. The van der Waals surface area contributed by atoms with Crippen molar-refractivity contribution in [3.05, 3.63) is 35.9 Å². The number of carbonyl (C=O) groups is 1. The van der Waals surface area contributed by atoms with E-state index in [1.165, 1.54) is 4.90 Å². The molecular weight excluding hydrogens is 259 g/mol. The van der Waals surface area contributed by atoms with Gasteiger partial charge in [-0.15, -0.1) is 0 Å². The van der Waals surface area contributed by atoms with E-state index >= 15 is 0 Å². The minimum Gasteiger partial charge on any atom is -0.440 e. The summed E-state index contributed by atoms with van der Waals surface area (Å²) >= 11 is 0. The fourth-order valence-corrected chi connectivity index (χ4v) is 1.54. The van der Waals surface area contributed by atoms with Gasteiger partial charge in [0.2, 0.25) is 0 Å². The van der Waals surface area contributed by atoms with E-state index in [2.05, 4.69) is 4.74 Å². The molecule has 1 amide bonds. The van der Waals surface area contributed by atoms with Gasteiger partial charge in [-0.3, -0.25) is 0 Å². The second kappa shape index (κ2) is 7.01. The second-order valence-electron chi connectivity index (χ2n) is 4.08. The molecule has 0 unspecified atom stereocenters. The van der Waals surface area contributed by atoms with Crippen molar-refractivity contribution in [3.8, 4) is 0 Å². The molecule has 0 bridgehead atoms. The standard InChI is InChI=1S/C13H16F3NO2/c1-2-8-17(9-11-6-4-3-5-7-11)12(18)19-10-13(14,15)16/h3-7H,2,8-10H2,1H3. The average Bonchev–Trinajstić information content (AvgIpc) is 2.36. The van der Waals surface area contributed by atoms with Gasteiger partial charge in [0.15, 0.2) is 6.61 Å². The molecule has 0 aromatic heterocycles. The predicted molar refractivity (Wildman–Crippen MR) is 64.5 cm³/mol. The van der Waals surface area contributed by atoms with Crippen molar-refractivity contribution in [2.24, 2.45) is 0 Å². The molecule has 0 saturated heterocycles. The Balaban J connectivity index is 2.59. The van der Waals surface area contributed by atoms with Crippen molar-refractivity contribution >= 4 is 6.09 Å². The van der Waals surface area contributed by atoms with Crippen LogP contribution in [0.25, 0.3) is 0 Å². The molecule has 0 saturated carbocycles. The quantitative estimate of drug-likeness (QED) is 0.821. The molecule has 0 aliphatic carbocycles. The van der Waals surface area contributed by atoms with Crippen LogP contribution in [0.15, 0.2) is 30.3 Å². The fraction of sp³-hybridized carbons (Fsp3) is 0.462.